The third-order valence-electron chi connectivity index (χ3n) is 7.96. The second-order valence-electron chi connectivity index (χ2n) is 10.2. The fourth-order valence-corrected chi connectivity index (χ4v) is 6.21. The number of H-pyrrole nitrogens is 1. The smallest absolute Gasteiger partial charge is 0.227 e. The SMILES string of the molecule is CN(CCN1C2CCC1CC(Cc1cnc3[nH]ccc3c1)C2)c1nccc(N2CCOCC2)n1. The lowest BCUT2D eigenvalue weighted by molar-refractivity contribution is 0.107. The van der Waals surface area contributed by atoms with E-state index in [0.29, 0.717) is 12.1 Å². The van der Waals surface area contributed by atoms with E-state index in [1.165, 1.54) is 36.6 Å². The lowest BCUT2D eigenvalue weighted by Crippen LogP contribution is -2.46. The molecule has 0 aromatic carbocycles. The summed E-state index contributed by atoms with van der Waals surface area (Å²) in [6.07, 6.45) is 12.3. The van der Waals surface area contributed by atoms with Gasteiger partial charge in [0.15, 0.2) is 0 Å². The molecule has 34 heavy (non-hydrogen) atoms. The minimum Gasteiger partial charge on any atom is -0.378 e. The predicted molar refractivity (Wildman–Crippen MR) is 134 cm³/mol. The highest BCUT2D eigenvalue weighted by Crippen LogP contribution is 2.39. The van der Waals surface area contributed by atoms with Crippen molar-refractivity contribution < 1.29 is 4.74 Å². The van der Waals surface area contributed by atoms with Crippen molar-refractivity contribution in [3.63, 3.8) is 0 Å². The molecule has 3 aliphatic heterocycles. The van der Waals surface area contributed by atoms with Crippen molar-refractivity contribution in [1.29, 1.82) is 0 Å². The molecule has 8 nitrogen and oxygen atoms in total. The Labute approximate surface area is 201 Å². The van der Waals surface area contributed by atoms with Crippen LogP contribution in [0.15, 0.2) is 36.8 Å². The van der Waals surface area contributed by atoms with Crippen LogP contribution in [-0.2, 0) is 11.2 Å². The first kappa shape index (κ1) is 21.8. The number of piperidine rings is 1. The molecule has 0 saturated carbocycles. The standard InChI is InChI=1S/C26H35N7O/c1-31(26-28-7-5-24(30-26)32-10-12-34-13-11-32)8-9-33-22-2-3-23(33)17-19(16-22)14-20-15-21-4-6-27-25(21)29-18-20/h4-7,15,18-19,22-23H,2-3,8-14,16-17H2,1H3,(H,27,29). The normalized spacial score (nSPS) is 25.2. The van der Waals surface area contributed by atoms with Gasteiger partial charge < -0.3 is 19.5 Å². The van der Waals surface area contributed by atoms with E-state index in [4.69, 9.17) is 9.72 Å². The van der Waals surface area contributed by atoms with Gasteiger partial charge in [-0.05, 0) is 61.8 Å². The molecule has 3 aromatic heterocycles. The van der Waals surface area contributed by atoms with E-state index in [0.717, 1.165) is 69.1 Å². The molecule has 2 atom stereocenters. The molecule has 6 heterocycles. The van der Waals surface area contributed by atoms with Gasteiger partial charge in [-0.1, -0.05) is 0 Å². The Morgan fingerprint density at radius 2 is 1.94 bits per heavy atom. The van der Waals surface area contributed by atoms with Crippen LogP contribution in [0.1, 0.15) is 31.2 Å². The second-order valence-corrected chi connectivity index (χ2v) is 10.2. The van der Waals surface area contributed by atoms with Crippen LogP contribution in [0.4, 0.5) is 11.8 Å². The van der Waals surface area contributed by atoms with Crippen LogP contribution in [0.3, 0.4) is 0 Å². The van der Waals surface area contributed by atoms with Crippen LogP contribution >= 0.6 is 0 Å². The van der Waals surface area contributed by atoms with Gasteiger partial charge in [0.05, 0.1) is 13.2 Å². The fourth-order valence-electron chi connectivity index (χ4n) is 6.21. The van der Waals surface area contributed by atoms with Crippen molar-refractivity contribution in [2.45, 2.75) is 44.2 Å². The number of pyridine rings is 1. The van der Waals surface area contributed by atoms with Crippen molar-refractivity contribution >= 4 is 22.8 Å². The lowest BCUT2D eigenvalue weighted by Gasteiger charge is -2.39. The molecule has 6 rings (SSSR count). The number of nitrogens with zero attached hydrogens (tertiary/aromatic N) is 6. The molecule has 3 saturated heterocycles. The Morgan fingerprint density at radius 1 is 1.12 bits per heavy atom. The first-order valence-electron chi connectivity index (χ1n) is 12.8. The maximum absolute atomic E-state index is 5.48. The maximum Gasteiger partial charge on any atom is 0.227 e. The third-order valence-corrected chi connectivity index (χ3v) is 7.96. The Kier molecular flexibility index (Phi) is 6.09. The van der Waals surface area contributed by atoms with Gasteiger partial charge in [0.1, 0.15) is 11.5 Å². The van der Waals surface area contributed by atoms with Crippen molar-refractivity contribution in [2.24, 2.45) is 5.92 Å². The van der Waals surface area contributed by atoms with E-state index in [2.05, 4.69) is 55.0 Å². The Hall–Kier alpha value is -2.71. The van der Waals surface area contributed by atoms with Gasteiger partial charge in [-0.15, -0.1) is 0 Å². The van der Waals surface area contributed by atoms with E-state index in [-0.39, 0.29) is 0 Å². The van der Waals surface area contributed by atoms with Gasteiger partial charge in [-0.25, -0.2) is 9.97 Å². The molecule has 2 bridgehead atoms. The summed E-state index contributed by atoms with van der Waals surface area (Å²) in [6.45, 7) is 5.37. The largest absolute Gasteiger partial charge is 0.378 e. The Bertz CT molecular complexity index is 1100. The van der Waals surface area contributed by atoms with Crippen LogP contribution in [0.2, 0.25) is 0 Å². The average molecular weight is 462 g/mol. The molecular weight excluding hydrogens is 426 g/mol. The van der Waals surface area contributed by atoms with Crippen LogP contribution in [0, 0.1) is 5.92 Å². The molecule has 3 fully saturated rings. The molecule has 2 unspecified atom stereocenters. The molecule has 0 aliphatic carbocycles. The summed E-state index contributed by atoms with van der Waals surface area (Å²) in [5.74, 6) is 2.59. The van der Waals surface area contributed by atoms with Crippen molar-refractivity contribution in [3.05, 3.63) is 42.4 Å². The molecule has 180 valence electrons. The summed E-state index contributed by atoms with van der Waals surface area (Å²) in [5, 5.41) is 1.22. The zero-order chi connectivity index (χ0) is 22.9. The summed E-state index contributed by atoms with van der Waals surface area (Å²) in [6, 6.07) is 7.86. The Balaban J connectivity index is 1.04. The second kappa shape index (κ2) is 9.50. The third kappa shape index (κ3) is 4.49. The Morgan fingerprint density at radius 3 is 2.76 bits per heavy atom. The van der Waals surface area contributed by atoms with Crippen LogP contribution < -0.4 is 9.80 Å². The number of likely N-dealkylation sites (N-methyl/N-ethyl adjacent to an activating group) is 1. The quantitative estimate of drug-likeness (QED) is 0.580. The van der Waals surface area contributed by atoms with Crippen molar-refractivity contribution in [3.8, 4) is 0 Å². The van der Waals surface area contributed by atoms with Crippen LogP contribution in [0.5, 0.6) is 0 Å². The monoisotopic (exact) mass is 461 g/mol. The van der Waals surface area contributed by atoms with E-state index in [1.807, 2.05) is 18.5 Å². The highest BCUT2D eigenvalue weighted by atomic mass is 16.5. The van der Waals surface area contributed by atoms with Crippen molar-refractivity contribution in [2.75, 3.05) is 56.2 Å². The van der Waals surface area contributed by atoms with E-state index in [1.54, 1.807) is 0 Å². The van der Waals surface area contributed by atoms with Crippen LogP contribution in [-0.4, -0.2) is 83.4 Å². The highest BCUT2D eigenvalue weighted by Gasteiger charge is 2.40. The van der Waals surface area contributed by atoms with Gasteiger partial charge in [-0.3, -0.25) is 4.90 Å². The lowest BCUT2D eigenvalue weighted by atomic mass is 9.86. The summed E-state index contributed by atoms with van der Waals surface area (Å²) in [5.41, 5.74) is 2.37. The molecular formula is C26H35N7O. The number of aromatic amines is 1. The fraction of sp³-hybridized carbons (Fsp3) is 0.577. The summed E-state index contributed by atoms with van der Waals surface area (Å²) in [4.78, 5) is 24.5. The molecule has 3 aliphatic rings. The number of hydrogen-bond donors (Lipinski definition) is 1. The average Bonchev–Trinajstić information content (AvgIpc) is 3.44. The summed E-state index contributed by atoms with van der Waals surface area (Å²) < 4.78 is 5.48. The number of rotatable bonds is 7. The van der Waals surface area contributed by atoms with Crippen molar-refractivity contribution in [1.82, 2.24) is 24.8 Å². The molecule has 0 spiro atoms. The molecule has 1 N–H and O–H groups in total. The predicted octanol–water partition coefficient (Wildman–Crippen LogP) is 3.11. The zero-order valence-corrected chi connectivity index (χ0v) is 20.1. The van der Waals surface area contributed by atoms with Gasteiger partial charge in [0, 0.05) is 69.3 Å². The molecule has 0 radical (unpaired) electrons. The first-order chi connectivity index (χ1) is 16.7. The van der Waals surface area contributed by atoms with E-state index < -0.39 is 0 Å². The van der Waals surface area contributed by atoms with E-state index in [9.17, 15) is 0 Å². The number of hydrogen-bond acceptors (Lipinski definition) is 7. The van der Waals surface area contributed by atoms with E-state index >= 15 is 0 Å². The molecule has 8 heteroatoms. The topological polar surface area (TPSA) is 73.4 Å². The number of morpholine rings is 1. The number of fused-ring (bicyclic) bond motifs is 3. The maximum atomic E-state index is 5.48. The van der Waals surface area contributed by atoms with Gasteiger partial charge >= 0.3 is 0 Å². The summed E-state index contributed by atoms with van der Waals surface area (Å²) >= 11 is 0. The van der Waals surface area contributed by atoms with Gasteiger partial charge in [-0.2, -0.15) is 4.98 Å². The number of nitrogens with one attached hydrogen (secondary N) is 1. The number of aromatic nitrogens is 4. The number of anilines is 2. The zero-order valence-electron chi connectivity index (χ0n) is 20.1. The highest BCUT2D eigenvalue weighted by molar-refractivity contribution is 5.75. The number of ether oxygens (including phenoxy) is 1. The minimum atomic E-state index is 0.710. The molecule has 0 amide bonds. The summed E-state index contributed by atoms with van der Waals surface area (Å²) in [7, 11) is 2.12. The minimum absolute atomic E-state index is 0.710. The van der Waals surface area contributed by atoms with Gasteiger partial charge in [0.2, 0.25) is 5.95 Å². The first-order valence-corrected chi connectivity index (χ1v) is 12.8. The van der Waals surface area contributed by atoms with Crippen LogP contribution in [0.25, 0.3) is 11.0 Å². The van der Waals surface area contributed by atoms with Gasteiger partial charge in [0.25, 0.3) is 0 Å². The molecule has 3 aromatic rings.